The third-order valence-electron chi connectivity index (χ3n) is 2.83. The number of halogens is 1. The molecule has 0 saturated heterocycles. The van der Waals surface area contributed by atoms with Crippen LogP contribution in [0.25, 0.3) is 0 Å². The Balaban J connectivity index is 2.17. The molecule has 0 amide bonds. The summed E-state index contributed by atoms with van der Waals surface area (Å²) in [4.78, 5) is 13.3. The minimum Gasteiger partial charge on any atom is -0.383 e. The van der Waals surface area contributed by atoms with E-state index in [1.54, 1.807) is 24.6 Å². The molecule has 0 saturated carbocycles. The molecule has 0 aliphatic carbocycles. The van der Waals surface area contributed by atoms with E-state index in [2.05, 4.69) is 39.3 Å². The summed E-state index contributed by atoms with van der Waals surface area (Å²) in [6, 6.07) is 4.19. The highest BCUT2D eigenvalue weighted by Gasteiger charge is 2.12. The molecular weight excluding hydrogens is 342 g/mol. The average Bonchev–Trinajstić information content (AvgIpc) is 2.97. The minimum atomic E-state index is -0.162. The van der Waals surface area contributed by atoms with E-state index in [0.29, 0.717) is 23.3 Å². The van der Waals surface area contributed by atoms with Crippen molar-refractivity contribution < 1.29 is 4.74 Å². The van der Waals surface area contributed by atoms with Crippen LogP contribution in [0.1, 0.15) is 17.8 Å². The standard InChI is InChI=1S/C13H16BrN3O2S/c1-9(11-4-3-7-20-11)16-10-8-15-17(5-6-19-2)13(18)12(10)14/h3-4,7-9,16H,5-6H2,1-2H3. The van der Waals surface area contributed by atoms with Gasteiger partial charge in [-0.05, 0) is 34.3 Å². The van der Waals surface area contributed by atoms with E-state index < -0.39 is 0 Å². The van der Waals surface area contributed by atoms with Crippen molar-refractivity contribution >= 4 is 33.0 Å². The first kappa shape index (κ1) is 15.2. The number of aromatic nitrogens is 2. The maximum Gasteiger partial charge on any atom is 0.283 e. The Labute approximate surface area is 129 Å². The lowest BCUT2D eigenvalue weighted by Gasteiger charge is -2.15. The molecule has 108 valence electrons. The third-order valence-corrected chi connectivity index (χ3v) is 4.66. The molecule has 0 spiro atoms. The summed E-state index contributed by atoms with van der Waals surface area (Å²) in [5.41, 5.74) is 0.537. The Morgan fingerprint density at radius 1 is 1.60 bits per heavy atom. The van der Waals surface area contributed by atoms with Crippen LogP contribution in [0.2, 0.25) is 0 Å². The first-order chi connectivity index (χ1) is 9.63. The summed E-state index contributed by atoms with van der Waals surface area (Å²) < 4.78 is 6.83. The van der Waals surface area contributed by atoms with Gasteiger partial charge in [-0.1, -0.05) is 6.07 Å². The van der Waals surface area contributed by atoms with Crippen LogP contribution >= 0.6 is 27.3 Å². The molecule has 20 heavy (non-hydrogen) atoms. The topological polar surface area (TPSA) is 56.1 Å². The summed E-state index contributed by atoms with van der Waals surface area (Å²) in [6.07, 6.45) is 1.66. The van der Waals surface area contributed by atoms with E-state index in [4.69, 9.17) is 4.74 Å². The number of nitrogens with one attached hydrogen (secondary N) is 1. The largest absolute Gasteiger partial charge is 0.383 e. The van der Waals surface area contributed by atoms with Crippen LogP contribution in [0.4, 0.5) is 5.69 Å². The maximum atomic E-state index is 12.1. The van der Waals surface area contributed by atoms with Gasteiger partial charge in [-0.3, -0.25) is 4.79 Å². The Hall–Kier alpha value is -1.18. The SMILES string of the molecule is COCCn1ncc(NC(C)c2cccs2)c(Br)c1=O. The number of thiophene rings is 1. The first-order valence-corrected chi connectivity index (χ1v) is 7.85. The van der Waals surface area contributed by atoms with Gasteiger partial charge in [0.05, 0.1) is 31.1 Å². The van der Waals surface area contributed by atoms with Gasteiger partial charge in [-0.15, -0.1) is 11.3 Å². The number of methoxy groups -OCH3 is 1. The molecule has 0 fully saturated rings. The van der Waals surface area contributed by atoms with Crippen LogP contribution in [0.15, 0.2) is 33.0 Å². The van der Waals surface area contributed by atoms with Gasteiger partial charge >= 0.3 is 0 Å². The number of rotatable bonds is 6. The van der Waals surface area contributed by atoms with Gasteiger partial charge < -0.3 is 10.1 Å². The molecule has 0 bridgehead atoms. The highest BCUT2D eigenvalue weighted by molar-refractivity contribution is 9.10. The molecule has 2 rings (SSSR count). The van der Waals surface area contributed by atoms with Gasteiger partial charge in [0.1, 0.15) is 4.47 Å². The fourth-order valence-corrected chi connectivity index (χ4v) is 2.90. The number of hydrogen-bond donors (Lipinski definition) is 1. The minimum absolute atomic E-state index is 0.127. The molecule has 0 aromatic carbocycles. The van der Waals surface area contributed by atoms with Crippen LogP contribution in [-0.4, -0.2) is 23.5 Å². The lowest BCUT2D eigenvalue weighted by Crippen LogP contribution is -2.26. The van der Waals surface area contributed by atoms with Crippen LogP contribution in [-0.2, 0) is 11.3 Å². The molecular formula is C13H16BrN3O2S. The van der Waals surface area contributed by atoms with Crippen molar-refractivity contribution in [3.05, 3.63) is 43.4 Å². The quantitative estimate of drug-likeness (QED) is 0.863. The molecule has 2 aromatic heterocycles. The van der Waals surface area contributed by atoms with Gasteiger partial charge in [0.15, 0.2) is 0 Å². The number of ether oxygens (including phenoxy) is 1. The second-order valence-corrected chi connectivity index (χ2v) is 6.05. The fourth-order valence-electron chi connectivity index (χ4n) is 1.74. The zero-order valence-electron chi connectivity index (χ0n) is 11.3. The summed E-state index contributed by atoms with van der Waals surface area (Å²) in [7, 11) is 1.60. The van der Waals surface area contributed by atoms with E-state index in [1.807, 2.05) is 11.4 Å². The van der Waals surface area contributed by atoms with Crippen molar-refractivity contribution in [3.63, 3.8) is 0 Å². The van der Waals surface area contributed by atoms with E-state index >= 15 is 0 Å². The summed E-state index contributed by atoms with van der Waals surface area (Å²) in [5, 5.41) is 9.47. The zero-order chi connectivity index (χ0) is 14.5. The summed E-state index contributed by atoms with van der Waals surface area (Å²) >= 11 is 5.02. The van der Waals surface area contributed by atoms with Crippen molar-refractivity contribution in [1.29, 1.82) is 0 Å². The molecule has 1 atom stereocenters. The lowest BCUT2D eigenvalue weighted by molar-refractivity contribution is 0.181. The molecule has 0 aliphatic rings. The van der Waals surface area contributed by atoms with Crippen molar-refractivity contribution in [2.75, 3.05) is 19.0 Å². The third kappa shape index (κ3) is 3.47. The first-order valence-electron chi connectivity index (χ1n) is 6.18. The molecule has 1 N–H and O–H groups in total. The van der Waals surface area contributed by atoms with Crippen LogP contribution in [0.5, 0.6) is 0 Å². The van der Waals surface area contributed by atoms with E-state index in [1.165, 1.54) is 9.56 Å². The Morgan fingerprint density at radius 3 is 3.05 bits per heavy atom. The van der Waals surface area contributed by atoms with Gasteiger partial charge in [0.25, 0.3) is 5.56 Å². The monoisotopic (exact) mass is 357 g/mol. The Morgan fingerprint density at radius 2 is 2.40 bits per heavy atom. The van der Waals surface area contributed by atoms with E-state index in [9.17, 15) is 4.79 Å². The second kappa shape index (κ2) is 7.01. The molecule has 5 nitrogen and oxygen atoms in total. The number of nitrogens with zero attached hydrogens (tertiary/aromatic N) is 2. The van der Waals surface area contributed by atoms with E-state index in [0.717, 1.165) is 0 Å². The van der Waals surface area contributed by atoms with Gasteiger partial charge in [0.2, 0.25) is 0 Å². The Bertz CT molecular complexity index is 613. The molecule has 0 aliphatic heterocycles. The molecule has 7 heteroatoms. The highest BCUT2D eigenvalue weighted by Crippen LogP contribution is 2.25. The average molecular weight is 358 g/mol. The maximum absolute atomic E-state index is 12.1. The van der Waals surface area contributed by atoms with E-state index in [-0.39, 0.29) is 11.6 Å². The van der Waals surface area contributed by atoms with Crippen molar-refractivity contribution in [2.45, 2.75) is 19.5 Å². The second-order valence-electron chi connectivity index (χ2n) is 4.27. The van der Waals surface area contributed by atoms with Gasteiger partial charge in [0, 0.05) is 12.0 Å². The van der Waals surface area contributed by atoms with Crippen molar-refractivity contribution in [3.8, 4) is 0 Å². The molecule has 2 aromatic rings. The van der Waals surface area contributed by atoms with Crippen LogP contribution in [0, 0.1) is 0 Å². The predicted molar refractivity (Wildman–Crippen MR) is 84.4 cm³/mol. The number of anilines is 1. The summed E-state index contributed by atoms with van der Waals surface area (Å²) in [6.45, 7) is 2.95. The lowest BCUT2D eigenvalue weighted by atomic mass is 10.2. The van der Waals surface area contributed by atoms with Crippen LogP contribution in [0.3, 0.4) is 0 Å². The molecule has 0 radical (unpaired) electrons. The smallest absolute Gasteiger partial charge is 0.283 e. The van der Waals surface area contributed by atoms with Gasteiger partial charge in [-0.25, -0.2) is 4.68 Å². The normalized spacial score (nSPS) is 12.3. The Kier molecular flexibility index (Phi) is 5.33. The molecule has 1 unspecified atom stereocenters. The fraction of sp³-hybridized carbons (Fsp3) is 0.385. The van der Waals surface area contributed by atoms with Crippen molar-refractivity contribution in [1.82, 2.24) is 9.78 Å². The highest BCUT2D eigenvalue weighted by atomic mass is 79.9. The van der Waals surface area contributed by atoms with Crippen LogP contribution < -0.4 is 10.9 Å². The van der Waals surface area contributed by atoms with Gasteiger partial charge in [-0.2, -0.15) is 5.10 Å². The zero-order valence-corrected chi connectivity index (χ0v) is 13.7. The number of hydrogen-bond acceptors (Lipinski definition) is 5. The predicted octanol–water partition coefficient (Wildman–Crippen LogP) is 2.89. The van der Waals surface area contributed by atoms with Crippen molar-refractivity contribution in [2.24, 2.45) is 0 Å². The summed E-state index contributed by atoms with van der Waals surface area (Å²) in [5.74, 6) is 0. The molecule has 2 heterocycles.